The number of nitrogens with zero attached hydrogens (tertiary/aromatic N) is 1. The summed E-state index contributed by atoms with van der Waals surface area (Å²) in [6.07, 6.45) is 3.12. The van der Waals surface area contributed by atoms with Crippen molar-refractivity contribution in [3.63, 3.8) is 0 Å². The van der Waals surface area contributed by atoms with Gasteiger partial charge in [0, 0.05) is 45.0 Å². The highest BCUT2D eigenvalue weighted by atomic mass is 16.5. The second-order valence-electron chi connectivity index (χ2n) is 8.53. The largest absolute Gasteiger partial charge is 0.381 e. The molecule has 0 aliphatic carbocycles. The molecule has 0 bridgehead atoms. The van der Waals surface area contributed by atoms with Gasteiger partial charge in [-0.25, -0.2) is 0 Å². The number of carbonyl (C=O) groups is 1. The molecule has 4 nitrogen and oxygen atoms in total. The lowest BCUT2D eigenvalue weighted by Crippen LogP contribution is -2.39. The first-order valence-electron chi connectivity index (χ1n) is 10.4. The molecule has 0 aromatic heterocycles. The van der Waals surface area contributed by atoms with Crippen molar-refractivity contribution in [1.29, 1.82) is 0 Å². The first kappa shape index (κ1) is 19.2. The minimum atomic E-state index is 0.0196. The molecule has 1 saturated heterocycles. The van der Waals surface area contributed by atoms with Crippen LogP contribution in [0.3, 0.4) is 0 Å². The molecule has 0 spiro atoms. The van der Waals surface area contributed by atoms with E-state index in [9.17, 15) is 4.79 Å². The molecule has 2 aliphatic heterocycles. The molecule has 2 aliphatic rings. The van der Waals surface area contributed by atoms with Gasteiger partial charge in [-0.05, 0) is 53.5 Å². The number of benzene rings is 2. The van der Waals surface area contributed by atoms with Gasteiger partial charge in [0.15, 0.2) is 0 Å². The van der Waals surface area contributed by atoms with Crippen molar-refractivity contribution in [2.24, 2.45) is 5.41 Å². The summed E-state index contributed by atoms with van der Waals surface area (Å²) in [5.41, 5.74) is 5.06. The zero-order valence-electron chi connectivity index (χ0n) is 16.7. The molecule has 28 heavy (non-hydrogen) atoms. The molecule has 1 N–H and O–H groups in total. The second kappa shape index (κ2) is 8.46. The normalized spacial score (nSPS) is 19.0. The van der Waals surface area contributed by atoms with E-state index in [0.29, 0.717) is 6.54 Å². The molecular weight excluding hydrogens is 348 g/mol. The Hall–Kier alpha value is -2.17. The van der Waals surface area contributed by atoms with Crippen LogP contribution in [0.4, 0.5) is 0 Å². The van der Waals surface area contributed by atoms with Gasteiger partial charge in [-0.2, -0.15) is 0 Å². The van der Waals surface area contributed by atoms with Crippen LogP contribution in [0.5, 0.6) is 0 Å². The highest BCUT2D eigenvalue weighted by Crippen LogP contribution is 2.28. The van der Waals surface area contributed by atoms with Crippen LogP contribution < -0.4 is 5.32 Å². The SMILES string of the molecule is CC1(CNC(=O)c2ccc(CN3CCc4ccccc4C3)cc2)CCOCC1. The maximum absolute atomic E-state index is 12.5. The number of nitrogens with one attached hydrogen (secondary N) is 1. The van der Waals surface area contributed by atoms with Crippen molar-refractivity contribution in [3.8, 4) is 0 Å². The summed E-state index contributed by atoms with van der Waals surface area (Å²) in [5, 5.41) is 3.12. The van der Waals surface area contributed by atoms with E-state index in [-0.39, 0.29) is 11.3 Å². The van der Waals surface area contributed by atoms with Crippen molar-refractivity contribution >= 4 is 5.91 Å². The molecule has 2 heterocycles. The summed E-state index contributed by atoms with van der Waals surface area (Å²) in [7, 11) is 0. The lowest BCUT2D eigenvalue weighted by atomic mass is 9.82. The van der Waals surface area contributed by atoms with Gasteiger partial charge in [-0.15, -0.1) is 0 Å². The topological polar surface area (TPSA) is 41.6 Å². The fraction of sp³-hybridized carbons (Fsp3) is 0.458. The number of ether oxygens (including phenoxy) is 1. The third-order valence-corrected chi connectivity index (χ3v) is 6.21. The lowest BCUT2D eigenvalue weighted by molar-refractivity contribution is 0.0238. The van der Waals surface area contributed by atoms with E-state index in [1.165, 1.54) is 16.7 Å². The summed E-state index contributed by atoms with van der Waals surface area (Å²) in [6.45, 7) is 7.54. The summed E-state index contributed by atoms with van der Waals surface area (Å²) in [6, 6.07) is 16.8. The minimum absolute atomic E-state index is 0.0196. The Labute approximate surface area is 167 Å². The average Bonchev–Trinajstić information content (AvgIpc) is 2.73. The van der Waals surface area contributed by atoms with E-state index in [0.717, 1.165) is 57.7 Å². The molecule has 1 amide bonds. The molecule has 148 valence electrons. The van der Waals surface area contributed by atoms with Crippen molar-refractivity contribution in [2.45, 2.75) is 39.3 Å². The van der Waals surface area contributed by atoms with Crippen LogP contribution in [0.15, 0.2) is 48.5 Å². The van der Waals surface area contributed by atoms with Crippen molar-refractivity contribution in [2.75, 3.05) is 26.3 Å². The van der Waals surface area contributed by atoms with Crippen LogP contribution in [0.2, 0.25) is 0 Å². The third kappa shape index (κ3) is 4.62. The van der Waals surface area contributed by atoms with Crippen LogP contribution in [0.1, 0.15) is 46.8 Å². The predicted octanol–water partition coefficient (Wildman–Crippen LogP) is 3.79. The molecule has 2 aromatic carbocycles. The monoisotopic (exact) mass is 378 g/mol. The number of carbonyl (C=O) groups excluding carboxylic acids is 1. The third-order valence-electron chi connectivity index (χ3n) is 6.21. The first-order chi connectivity index (χ1) is 13.6. The van der Waals surface area contributed by atoms with Crippen LogP contribution in [-0.2, 0) is 24.2 Å². The van der Waals surface area contributed by atoms with E-state index in [1.54, 1.807) is 0 Å². The number of fused-ring (bicyclic) bond motifs is 1. The van der Waals surface area contributed by atoms with Crippen molar-refractivity contribution < 1.29 is 9.53 Å². The fourth-order valence-corrected chi connectivity index (χ4v) is 4.15. The summed E-state index contributed by atoms with van der Waals surface area (Å²) >= 11 is 0. The number of amides is 1. The van der Waals surface area contributed by atoms with Gasteiger partial charge in [0.2, 0.25) is 0 Å². The summed E-state index contributed by atoms with van der Waals surface area (Å²) in [4.78, 5) is 15.0. The highest BCUT2D eigenvalue weighted by molar-refractivity contribution is 5.94. The molecule has 2 aromatic rings. The Kier molecular flexibility index (Phi) is 5.79. The Balaban J connectivity index is 1.30. The van der Waals surface area contributed by atoms with E-state index < -0.39 is 0 Å². The number of rotatable bonds is 5. The zero-order valence-corrected chi connectivity index (χ0v) is 16.7. The Morgan fingerprint density at radius 2 is 1.79 bits per heavy atom. The quantitative estimate of drug-likeness (QED) is 0.861. The van der Waals surface area contributed by atoms with Crippen LogP contribution in [-0.4, -0.2) is 37.1 Å². The molecule has 4 heteroatoms. The summed E-state index contributed by atoms with van der Waals surface area (Å²) in [5.74, 6) is 0.0196. The van der Waals surface area contributed by atoms with Crippen LogP contribution in [0, 0.1) is 5.41 Å². The van der Waals surface area contributed by atoms with Crippen LogP contribution >= 0.6 is 0 Å². The number of hydrogen-bond acceptors (Lipinski definition) is 3. The van der Waals surface area contributed by atoms with Crippen molar-refractivity contribution in [1.82, 2.24) is 10.2 Å². The van der Waals surface area contributed by atoms with Gasteiger partial charge >= 0.3 is 0 Å². The van der Waals surface area contributed by atoms with Crippen LogP contribution in [0.25, 0.3) is 0 Å². The van der Waals surface area contributed by atoms with Gasteiger partial charge < -0.3 is 10.1 Å². The molecule has 1 fully saturated rings. The Morgan fingerprint density at radius 1 is 1.07 bits per heavy atom. The molecular formula is C24H30N2O2. The van der Waals surface area contributed by atoms with E-state index in [4.69, 9.17) is 4.74 Å². The second-order valence-corrected chi connectivity index (χ2v) is 8.53. The molecule has 0 radical (unpaired) electrons. The van der Waals surface area contributed by atoms with E-state index >= 15 is 0 Å². The smallest absolute Gasteiger partial charge is 0.251 e. The Bertz CT molecular complexity index is 810. The lowest BCUT2D eigenvalue weighted by Gasteiger charge is -2.33. The minimum Gasteiger partial charge on any atom is -0.381 e. The maximum atomic E-state index is 12.5. The standard InChI is InChI=1S/C24H30N2O2/c1-24(11-14-28-15-12-24)18-25-23(27)21-8-6-19(7-9-21)16-26-13-10-20-4-2-3-5-22(20)17-26/h2-9H,10-18H2,1H3,(H,25,27). The summed E-state index contributed by atoms with van der Waals surface area (Å²) < 4.78 is 5.43. The first-order valence-corrected chi connectivity index (χ1v) is 10.4. The highest BCUT2D eigenvalue weighted by Gasteiger charge is 2.27. The predicted molar refractivity (Wildman–Crippen MR) is 111 cm³/mol. The zero-order chi connectivity index (χ0) is 19.4. The Morgan fingerprint density at radius 3 is 2.54 bits per heavy atom. The van der Waals surface area contributed by atoms with Crippen molar-refractivity contribution in [3.05, 3.63) is 70.8 Å². The van der Waals surface area contributed by atoms with Gasteiger partial charge in [0.25, 0.3) is 5.91 Å². The molecule has 0 saturated carbocycles. The van der Waals surface area contributed by atoms with E-state index in [2.05, 4.69) is 53.5 Å². The van der Waals surface area contributed by atoms with Gasteiger partial charge in [0.05, 0.1) is 0 Å². The molecule has 0 atom stereocenters. The maximum Gasteiger partial charge on any atom is 0.251 e. The fourth-order valence-electron chi connectivity index (χ4n) is 4.15. The van der Waals surface area contributed by atoms with E-state index in [1.807, 2.05) is 12.1 Å². The molecule has 4 rings (SSSR count). The number of hydrogen-bond donors (Lipinski definition) is 1. The van der Waals surface area contributed by atoms with Gasteiger partial charge in [-0.3, -0.25) is 9.69 Å². The average molecular weight is 379 g/mol. The molecule has 0 unspecified atom stereocenters. The van der Waals surface area contributed by atoms with Gasteiger partial charge in [-0.1, -0.05) is 43.3 Å². The van der Waals surface area contributed by atoms with Gasteiger partial charge in [0.1, 0.15) is 0 Å².